The van der Waals surface area contributed by atoms with Crippen molar-refractivity contribution in [3.05, 3.63) is 23.5 Å². The zero-order valence-corrected chi connectivity index (χ0v) is 11.7. The van der Waals surface area contributed by atoms with E-state index in [-0.39, 0.29) is 5.69 Å². The van der Waals surface area contributed by atoms with Gasteiger partial charge < -0.3 is 9.47 Å². The molecule has 1 aromatic heterocycles. The van der Waals surface area contributed by atoms with Crippen LogP contribution in [0.2, 0.25) is 0 Å². The topological polar surface area (TPSA) is 57.5 Å². The summed E-state index contributed by atoms with van der Waals surface area (Å²) in [6.45, 7) is 5.36. The molecular formula is C14H19NO4. The van der Waals surface area contributed by atoms with Crippen molar-refractivity contribution in [1.82, 2.24) is 4.57 Å². The first-order valence-corrected chi connectivity index (χ1v) is 6.36. The number of hydrogen-bond donors (Lipinski definition) is 0. The van der Waals surface area contributed by atoms with Crippen molar-refractivity contribution in [1.29, 1.82) is 0 Å². The Hall–Kier alpha value is -1.78. The lowest BCUT2D eigenvalue weighted by Gasteiger charge is -2.20. The maximum absolute atomic E-state index is 12.1. The van der Waals surface area contributed by atoms with E-state index in [0.29, 0.717) is 5.92 Å². The summed E-state index contributed by atoms with van der Waals surface area (Å²) >= 11 is 0. The van der Waals surface area contributed by atoms with Gasteiger partial charge in [-0.1, -0.05) is 0 Å². The highest BCUT2D eigenvalue weighted by Gasteiger charge is 2.30. The third kappa shape index (κ3) is 3.16. The van der Waals surface area contributed by atoms with Gasteiger partial charge in [-0.2, -0.15) is 0 Å². The molecule has 1 heterocycles. The van der Waals surface area contributed by atoms with Crippen molar-refractivity contribution in [3.63, 3.8) is 0 Å². The molecule has 5 heteroatoms. The second kappa shape index (κ2) is 4.72. The molecule has 0 atom stereocenters. The summed E-state index contributed by atoms with van der Waals surface area (Å²) in [5.41, 5.74) is 0.610. The Balaban J connectivity index is 2.31. The molecule has 1 saturated carbocycles. The van der Waals surface area contributed by atoms with E-state index < -0.39 is 17.7 Å². The van der Waals surface area contributed by atoms with Gasteiger partial charge in [0, 0.05) is 6.20 Å². The predicted molar refractivity (Wildman–Crippen MR) is 69.4 cm³/mol. The zero-order chi connectivity index (χ0) is 14.2. The largest absolute Gasteiger partial charge is 0.464 e. The number of carbonyl (C=O) groups is 2. The Bertz CT molecular complexity index is 506. The molecule has 1 aromatic rings. The van der Waals surface area contributed by atoms with E-state index in [1.54, 1.807) is 33.0 Å². The molecule has 0 aliphatic heterocycles. The van der Waals surface area contributed by atoms with Crippen LogP contribution in [0, 0.1) is 0 Å². The van der Waals surface area contributed by atoms with Crippen LogP contribution in [0.5, 0.6) is 0 Å². The molecule has 0 spiro atoms. The average Bonchev–Trinajstić information content (AvgIpc) is 3.05. The van der Waals surface area contributed by atoms with E-state index in [1.807, 2.05) is 0 Å². The average molecular weight is 265 g/mol. The van der Waals surface area contributed by atoms with Crippen LogP contribution in [0.15, 0.2) is 12.3 Å². The monoisotopic (exact) mass is 265 g/mol. The number of rotatable bonds is 2. The van der Waals surface area contributed by atoms with E-state index in [9.17, 15) is 9.59 Å². The van der Waals surface area contributed by atoms with Gasteiger partial charge >= 0.3 is 12.1 Å². The lowest BCUT2D eigenvalue weighted by molar-refractivity contribution is 0.0483. The molecular weight excluding hydrogens is 246 g/mol. The Morgan fingerprint density at radius 2 is 1.95 bits per heavy atom. The molecule has 19 heavy (non-hydrogen) atoms. The van der Waals surface area contributed by atoms with E-state index in [2.05, 4.69) is 0 Å². The predicted octanol–water partition coefficient (Wildman–Crippen LogP) is 2.94. The molecule has 104 valence electrons. The third-order valence-corrected chi connectivity index (χ3v) is 2.87. The SMILES string of the molecule is COC(=O)c1cc(C2CC2)cn1C(=O)OC(C)(C)C. The van der Waals surface area contributed by atoms with Gasteiger partial charge in [-0.05, 0) is 51.2 Å². The number of hydrogen-bond acceptors (Lipinski definition) is 4. The molecule has 0 amide bonds. The Morgan fingerprint density at radius 1 is 1.32 bits per heavy atom. The van der Waals surface area contributed by atoms with E-state index in [0.717, 1.165) is 18.4 Å². The van der Waals surface area contributed by atoms with E-state index >= 15 is 0 Å². The first-order valence-electron chi connectivity index (χ1n) is 6.36. The molecule has 0 radical (unpaired) electrons. The standard InChI is InChI=1S/C14H19NO4/c1-14(2,3)19-13(17)15-8-10(9-5-6-9)7-11(15)12(16)18-4/h7-9H,5-6H2,1-4H3. The molecule has 1 fully saturated rings. The Labute approximate surface area is 112 Å². The highest BCUT2D eigenvalue weighted by Crippen LogP contribution is 2.40. The van der Waals surface area contributed by atoms with Crippen molar-refractivity contribution < 1.29 is 19.1 Å². The van der Waals surface area contributed by atoms with Gasteiger partial charge in [0.15, 0.2) is 0 Å². The fraction of sp³-hybridized carbons (Fsp3) is 0.571. The summed E-state index contributed by atoms with van der Waals surface area (Å²) in [6.07, 6.45) is 3.32. The van der Waals surface area contributed by atoms with Crippen molar-refractivity contribution in [3.8, 4) is 0 Å². The molecule has 0 aromatic carbocycles. The molecule has 0 saturated heterocycles. The highest BCUT2D eigenvalue weighted by molar-refractivity contribution is 5.92. The zero-order valence-electron chi connectivity index (χ0n) is 11.7. The van der Waals surface area contributed by atoms with E-state index in [1.165, 1.54) is 11.7 Å². The number of ether oxygens (including phenoxy) is 2. The first kappa shape index (κ1) is 13.6. The van der Waals surface area contributed by atoms with Crippen LogP contribution >= 0.6 is 0 Å². The van der Waals surface area contributed by atoms with E-state index in [4.69, 9.17) is 9.47 Å². The van der Waals surface area contributed by atoms with Gasteiger partial charge in [0.2, 0.25) is 0 Å². The first-order chi connectivity index (χ1) is 8.81. The summed E-state index contributed by atoms with van der Waals surface area (Å²) in [7, 11) is 1.30. The van der Waals surface area contributed by atoms with Gasteiger partial charge in [-0.25, -0.2) is 14.2 Å². The molecule has 1 aliphatic rings. The van der Waals surface area contributed by atoms with Crippen LogP contribution in [-0.4, -0.2) is 29.3 Å². The number of aromatic nitrogens is 1. The van der Waals surface area contributed by atoms with Gasteiger partial charge in [0.25, 0.3) is 0 Å². The number of nitrogens with zero attached hydrogens (tertiary/aromatic N) is 1. The highest BCUT2D eigenvalue weighted by atomic mass is 16.6. The van der Waals surface area contributed by atoms with Crippen LogP contribution in [-0.2, 0) is 9.47 Å². The minimum atomic E-state index is -0.603. The molecule has 0 N–H and O–H groups in total. The molecule has 0 bridgehead atoms. The molecule has 0 unspecified atom stereocenters. The quantitative estimate of drug-likeness (QED) is 0.771. The maximum atomic E-state index is 12.1. The second-order valence-electron chi connectivity index (χ2n) is 5.77. The van der Waals surface area contributed by atoms with Gasteiger partial charge in [0.05, 0.1) is 7.11 Å². The number of carbonyl (C=O) groups excluding carboxylic acids is 2. The number of esters is 1. The third-order valence-electron chi connectivity index (χ3n) is 2.87. The summed E-state index contributed by atoms with van der Waals surface area (Å²) in [5.74, 6) is -0.0788. The van der Waals surface area contributed by atoms with Crippen LogP contribution in [0.3, 0.4) is 0 Å². The van der Waals surface area contributed by atoms with Crippen LogP contribution in [0.1, 0.15) is 55.6 Å². The minimum Gasteiger partial charge on any atom is -0.464 e. The van der Waals surface area contributed by atoms with Crippen molar-refractivity contribution in [2.75, 3.05) is 7.11 Å². The summed E-state index contributed by atoms with van der Waals surface area (Å²) < 4.78 is 11.2. The van der Waals surface area contributed by atoms with Gasteiger partial charge in [-0.3, -0.25) is 0 Å². The second-order valence-corrected chi connectivity index (χ2v) is 5.77. The smallest absolute Gasteiger partial charge is 0.419 e. The lowest BCUT2D eigenvalue weighted by atomic mass is 10.2. The van der Waals surface area contributed by atoms with Crippen molar-refractivity contribution in [2.24, 2.45) is 0 Å². The maximum Gasteiger partial charge on any atom is 0.419 e. The summed E-state index contributed by atoms with van der Waals surface area (Å²) in [6, 6.07) is 1.72. The Kier molecular flexibility index (Phi) is 3.39. The van der Waals surface area contributed by atoms with Gasteiger partial charge in [-0.15, -0.1) is 0 Å². The molecule has 2 rings (SSSR count). The minimum absolute atomic E-state index is 0.221. The van der Waals surface area contributed by atoms with Crippen LogP contribution in [0.25, 0.3) is 0 Å². The fourth-order valence-corrected chi connectivity index (χ4v) is 1.85. The molecule has 1 aliphatic carbocycles. The summed E-state index contributed by atoms with van der Waals surface area (Å²) in [5, 5.41) is 0. The van der Waals surface area contributed by atoms with Crippen molar-refractivity contribution >= 4 is 12.1 Å². The Morgan fingerprint density at radius 3 is 2.42 bits per heavy atom. The number of methoxy groups -OCH3 is 1. The summed E-state index contributed by atoms with van der Waals surface area (Å²) in [4.78, 5) is 23.8. The van der Waals surface area contributed by atoms with Gasteiger partial charge in [0.1, 0.15) is 11.3 Å². The molecule has 5 nitrogen and oxygen atoms in total. The normalized spacial score (nSPS) is 15.2. The van der Waals surface area contributed by atoms with Crippen LogP contribution < -0.4 is 0 Å². The lowest BCUT2D eigenvalue weighted by Crippen LogP contribution is -2.28. The fourth-order valence-electron chi connectivity index (χ4n) is 1.85. The van der Waals surface area contributed by atoms with Crippen molar-refractivity contribution in [2.45, 2.75) is 45.1 Å². The van der Waals surface area contributed by atoms with Crippen LogP contribution in [0.4, 0.5) is 4.79 Å².